The summed E-state index contributed by atoms with van der Waals surface area (Å²) in [5.74, 6) is -6.44. The molecule has 7 N–H and O–H groups in total. The summed E-state index contributed by atoms with van der Waals surface area (Å²) in [6.45, 7) is 0.370. The Hall–Kier alpha value is -3.41. The number of hydrogen-bond donors (Lipinski definition) is 6. The Morgan fingerprint density at radius 1 is 1.10 bits per heavy atom. The number of anilines is 1. The van der Waals surface area contributed by atoms with Crippen molar-refractivity contribution in [2.75, 3.05) is 33.1 Å². The molecule has 0 heterocycles. The Morgan fingerprint density at radius 3 is 2.34 bits per heavy atom. The number of nitrogens with two attached hydrogens (primary N) is 1. The Labute approximate surface area is 239 Å². The van der Waals surface area contributed by atoms with Gasteiger partial charge in [-0.25, -0.2) is 0 Å². The van der Waals surface area contributed by atoms with E-state index in [1.165, 1.54) is 11.3 Å². The van der Waals surface area contributed by atoms with Crippen LogP contribution in [0.5, 0.6) is 5.75 Å². The molecule has 1 aromatic rings. The van der Waals surface area contributed by atoms with Gasteiger partial charge in [-0.05, 0) is 57.3 Å². The molecule has 4 aliphatic carbocycles. The summed E-state index contributed by atoms with van der Waals surface area (Å²) >= 11 is 0. The van der Waals surface area contributed by atoms with Crippen LogP contribution in [0.25, 0.3) is 5.76 Å². The van der Waals surface area contributed by atoms with Gasteiger partial charge >= 0.3 is 0 Å². The van der Waals surface area contributed by atoms with E-state index in [4.69, 9.17) is 5.73 Å². The fourth-order valence-corrected chi connectivity index (χ4v) is 7.44. The van der Waals surface area contributed by atoms with Crippen molar-refractivity contribution in [3.8, 4) is 5.75 Å². The number of nitrogens with one attached hydrogen (secondary N) is 1. The monoisotopic (exact) mass is 568 g/mol. The van der Waals surface area contributed by atoms with Crippen molar-refractivity contribution in [3.05, 3.63) is 39.7 Å². The largest absolute Gasteiger partial charge is 0.508 e. The quantitative estimate of drug-likeness (QED) is 0.275. The number of nitrogens with zero attached hydrogens (tertiary/aromatic N) is 2. The molecule has 0 spiro atoms. The number of ketones is 2. The first-order chi connectivity index (χ1) is 19.3. The molecule has 1 aromatic carbocycles. The van der Waals surface area contributed by atoms with E-state index in [2.05, 4.69) is 5.32 Å². The predicted octanol–water partition coefficient (Wildman–Crippen LogP) is 1.45. The molecule has 2 saturated carbocycles. The summed E-state index contributed by atoms with van der Waals surface area (Å²) in [6, 6.07) is 1.11. The van der Waals surface area contributed by atoms with Crippen LogP contribution in [0.2, 0.25) is 0 Å². The van der Waals surface area contributed by atoms with Gasteiger partial charge in [0.25, 0.3) is 5.91 Å². The van der Waals surface area contributed by atoms with Crippen LogP contribution in [0.1, 0.15) is 55.2 Å². The number of aliphatic hydroxyl groups excluding tert-OH is 2. The third-order valence-electron chi connectivity index (χ3n) is 9.44. The topological polar surface area (TPSA) is 177 Å². The van der Waals surface area contributed by atoms with Crippen LogP contribution >= 0.6 is 0 Å². The summed E-state index contributed by atoms with van der Waals surface area (Å²) in [7, 11) is 6.89. The van der Waals surface area contributed by atoms with E-state index in [9.17, 15) is 34.8 Å². The maximum atomic E-state index is 14.1. The minimum absolute atomic E-state index is 0.0599. The predicted molar refractivity (Wildman–Crippen MR) is 152 cm³/mol. The van der Waals surface area contributed by atoms with Crippen LogP contribution in [0.4, 0.5) is 5.69 Å². The number of amides is 1. The summed E-state index contributed by atoms with van der Waals surface area (Å²) in [4.78, 5) is 42.9. The molecule has 5 rings (SSSR count). The van der Waals surface area contributed by atoms with Crippen molar-refractivity contribution < 1.29 is 34.8 Å². The van der Waals surface area contributed by atoms with Crippen molar-refractivity contribution in [2.45, 2.75) is 69.2 Å². The number of carbonyl (C=O) groups is 3. The molecular weight excluding hydrogens is 528 g/mol. The molecule has 0 radical (unpaired) electrons. The maximum absolute atomic E-state index is 14.1. The smallest absolute Gasteiger partial charge is 0.255 e. The SMILES string of the molecule is CN(C)c1cc(CNC2CCCCC2)c(O)c2c1C[C@H]1C[C@H]3[C@H](N(C)C)C(=O)C(C(N)=O)=C(O)[C@@]3(O)C(=O)C1=C2O. The van der Waals surface area contributed by atoms with Gasteiger partial charge in [0.15, 0.2) is 11.4 Å². The molecule has 0 bridgehead atoms. The molecule has 2 fully saturated rings. The maximum Gasteiger partial charge on any atom is 0.255 e. The second-order valence-electron chi connectivity index (χ2n) is 12.3. The summed E-state index contributed by atoms with van der Waals surface area (Å²) < 4.78 is 0. The van der Waals surface area contributed by atoms with Crippen molar-refractivity contribution >= 4 is 28.9 Å². The van der Waals surface area contributed by atoms with E-state index in [0.29, 0.717) is 23.7 Å². The summed E-state index contributed by atoms with van der Waals surface area (Å²) in [6.07, 6.45) is 5.94. The van der Waals surface area contributed by atoms with E-state index in [1.807, 2.05) is 25.1 Å². The van der Waals surface area contributed by atoms with E-state index in [-0.39, 0.29) is 29.7 Å². The number of phenolic OH excluding ortho intramolecular Hbond substituents is 1. The highest BCUT2D eigenvalue weighted by molar-refractivity contribution is 6.24. The highest BCUT2D eigenvalue weighted by atomic mass is 16.3. The molecule has 11 heteroatoms. The zero-order chi connectivity index (χ0) is 30.0. The fraction of sp³-hybridized carbons (Fsp3) is 0.567. The second-order valence-corrected chi connectivity index (χ2v) is 12.3. The summed E-state index contributed by atoms with van der Waals surface area (Å²) in [5, 5.41) is 49.4. The average molecular weight is 569 g/mol. The normalized spacial score (nSPS) is 28.5. The molecule has 0 aliphatic heterocycles. The number of aliphatic hydroxyl groups is 3. The molecule has 4 aliphatic rings. The number of aromatic hydroxyl groups is 1. The minimum atomic E-state index is -2.65. The number of phenols is 1. The van der Waals surface area contributed by atoms with Gasteiger partial charge in [0, 0.05) is 49.4 Å². The highest BCUT2D eigenvalue weighted by Crippen LogP contribution is 2.54. The first-order valence-corrected chi connectivity index (χ1v) is 14.2. The molecule has 1 amide bonds. The van der Waals surface area contributed by atoms with E-state index >= 15 is 0 Å². The van der Waals surface area contributed by atoms with Gasteiger partial charge < -0.3 is 36.4 Å². The van der Waals surface area contributed by atoms with Crippen molar-refractivity contribution in [1.82, 2.24) is 10.2 Å². The number of carbonyl (C=O) groups excluding carboxylic acids is 3. The average Bonchev–Trinajstić information content (AvgIpc) is 2.90. The number of benzene rings is 1. The Bertz CT molecular complexity index is 1380. The molecule has 0 aromatic heterocycles. The van der Waals surface area contributed by atoms with E-state index < -0.39 is 58.0 Å². The zero-order valence-electron chi connectivity index (χ0n) is 24.0. The molecule has 0 unspecified atom stereocenters. The number of Topliss-reactive ketones (excluding diaryl/α,β-unsaturated/α-hetero) is 2. The summed E-state index contributed by atoms with van der Waals surface area (Å²) in [5.41, 5.74) is 3.90. The van der Waals surface area contributed by atoms with Crippen LogP contribution < -0.4 is 16.0 Å². The molecule has 4 atom stereocenters. The molecule has 11 nitrogen and oxygen atoms in total. The molecule has 222 valence electrons. The van der Waals surface area contributed by atoms with Crippen LogP contribution in [0.3, 0.4) is 0 Å². The number of hydrogen-bond acceptors (Lipinski definition) is 10. The van der Waals surface area contributed by atoms with Crippen LogP contribution in [-0.4, -0.2) is 88.7 Å². The van der Waals surface area contributed by atoms with Gasteiger partial charge in [-0.3, -0.25) is 19.3 Å². The third-order valence-corrected chi connectivity index (χ3v) is 9.44. The van der Waals surface area contributed by atoms with Gasteiger partial charge in [-0.15, -0.1) is 0 Å². The van der Waals surface area contributed by atoms with Crippen LogP contribution in [0.15, 0.2) is 23.0 Å². The van der Waals surface area contributed by atoms with Gasteiger partial charge in [-0.2, -0.15) is 0 Å². The highest BCUT2D eigenvalue weighted by Gasteiger charge is 2.64. The molecular formula is C30H40N4O7. The lowest BCUT2D eigenvalue weighted by Crippen LogP contribution is -2.65. The van der Waals surface area contributed by atoms with Crippen LogP contribution in [-0.2, 0) is 27.3 Å². The van der Waals surface area contributed by atoms with Gasteiger partial charge in [0.1, 0.15) is 22.8 Å². The van der Waals surface area contributed by atoms with E-state index in [1.54, 1.807) is 14.1 Å². The number of primary amides is 1. The van der Waals surface area contributed by atoms with Gasteiger partial charge in [0.05, 0.1) is 11.6 Å². The minimum Gasteiger partial charge on any atom is -0.508 e. The number of fused-ring (bicyclic) bond motifs is 3. The zero-order valence-corrected chi connectivity index (χ0v) is 24.0. The first-order valence-electron chi connectivity index (χ1n) is 14.2. The Kier molecular flexibility index (Phi) is 7.42. The third kappa shape index (κ3) is 4.41. The van der Waals surface area contributed by atoms with Gasteiger partial charge in [-0.1, -0.05) is 19.3 Å². The van der Waals surface area contributed by atoms with Crippen molar-refractivity contribution in [3.63, 3.8) is 0 Å². The van der Waals surface area contributed by atoms with Crippen molar-refractivity contribution in [2.24, 2.45) is 17.6 Å². The lowest BCUT2D eigenvalue weighted by Gasteiger charge is -2.50. The second kappa shape index (κ2) is 10.5. The van der Waals surface area contributed by atoms with E-state index in [0.717, 1.165) is 31.4 Å². The number of likely N-dealkylation sites (N-methyl/N-ethyl adjacent to an activating group) is 1. The van der Waals surface area contributed by atoms with Crippen LogP contribution in [0, 0.1) is 11.8 Å². The lowest BCUT2D eigenvalue weighted by atomic mass is 9.57. The first kappa shape index (κ1) is 29.1. The van der Waals surface area contributed by atoms with Gasteiger partial charge in [0.2, 0.25) is 5.78 Å². The van der Waals surface area contributed by atoms with Crippen molar-refractivity contribution in [1.29, 1.82) is 0 Å². The Morgan fingerprint density at radius 2 is 1.76 bits per heavy atom. The lowest BCUT2D eigenvalue weighted by molar-refractivity contribution is -0.153. The standard InChI is InChI=1S/C30H40N4O7/c1-33(2)19-12-15(13-32-16-8-6-5-7-9-16)24(35)21-17(19)10-14-11-18-23(34(3)4)26(37)22(29(31)40)28(39)30(18,41)27(38)20(14)25(21)36/h12,14,16,18,23,32,35-36,39,41H,5-11,13H2,1-4H3,(H2,31,40)/t14-,18-,23-,30-/m0/s1. The molecule has 0 saturated heterocycles. The number of rotatable bonds is 6. The molecule has 41 heavy (non-hydrogen) atoms. The Balaban J connectivity index is 1.64. The fourth-order valence-electron chi connectivity index (χ4n) is 7.44.